The Morgan fingerprint density at radius 1 is 1.53 bits per heavy atom. The van der Waals surface area contributed by atoms with Gasteiger partial charge in [-0.05, 0) is 31.4 Å². The fourth-order valence-corrected chi connectivity index (χ4v) is 2.15. The van der Waals surface area contributed by atoms with Gasteiger partial charge < -0.3 is 15.4 Å². The fourth-order valence-electron chi connectivity index (χ4n) is 2.15. The van der Waals surface area contributed by atoms with Gasteiger partial charge in [0.1, 0.15) is 5.82 Å². The Kier molecular flexibility index (Phi) is 4.20. The van der Waals surface area contributed by atoms with E-state index in [2.05, 4.69) is 16.8 Å². The van der Waals surface area contributed by atoms with Gasteiger partial charge in [-0.15, -0.1) is 0 Å². The normalized spacial score (nSPS) is 20.5. The zero-order chi connectivity index (χ0) is 12.1. The molecule has 1 aromatic rings. The second kappa shape index (κ2) is 5.87. The van der Waals surface area contributed by atoms with Crippen molar-refractivity contribution in [3.05, 3.63) is 18.3 Å². The molecule has 4 nitrogen and oxygen atoms in total. The van der Waals surface area contributed by atoms with Gasteiger partial charge in [0.2, 0.25) is 0 Å². The summed E-state index contributed by atoms with van der Waals surface area (Å²) in [4.78, 5) is 6.64. The van der Waals surface area contributed by atoms with Gasteiger partial charge in [-0.2, -0.15) is 0 Å². The van der Waals surface area contributed by atoms with E-state index in [-0.39, 0.29) is 0 Å². The summed E-state index contributed by atoms with van der Waals surface area (Å²) in [6.07, 6.45) is 5.47. The van der Waals surface area contributed by atoms with Gasteiger partial charge in [-0.3, -0.25) is 0 Å². The summed E-state index contributed by atoms with van der Waals surface area (Å²) in [6.45, 7) is 5.00. The molecule has 1 aliphatic rings. The molecule has 94 valence electrons. The Labute approximate surface area is 103 Å². The van der Waals surface area contributed by atoms with Crippen LogP contribution in [0.5, 0.6) is 0 Å². The lowest BCUT2D eigenvalue weighted by Gasteiger charge is -2.33. The van der Waals surface area contributed by atoms with Crippen LogP contribution in [0.2, 0.25) is 0 Å². The highest BCUT2D eigenvalue weighted by atomic mass is 16.5. The van der Waals surface area contributed by atoms with E-state index in [1.807, 2.05) is 12.1 Å². The number of pyridine rings is 1. The second-order valence-electron chi connectivity index (χ2n) is 4.53. The Balaban J connectivity index is 1.94. The first-order chi connectivity index (χ1) is 8.29. The molecule has 1 unspecified atom stereocenters. The zero-order valence-corrected chi connectivity index (χ0v) is 10.4. The standard InChI is InChI=1S/C13H21N3O/c1-2-8-17-12-4-3-7-16(10-12)13-6-5-11(14)9-15-13/h5-6,9,12H,2-4,7-8,10,14H2,1H3. The number of aromatic nitrogens is 1. The molecule has 0 radical (unpaired) electrons. The van der Waals surface area contributed by atoms with Crippen LogP contribution < -0.4 is 10.6 Å². The van der Waals surface area contributed by atoms with Crippen LogP contribution in [-0.4, -0.2) is 30.8 Å². The first-order valence-corrected chi connectivity index (χ1v) is 6.37. The molecule has 2 N–H and O–H groups in total. The van der Waals surface area contributed by atoms with Crippen molar-refractivity contribution in [2.24, 2.45) is 0 Å². The Hall–Kier alpha value is -1.29. The summed E-state index contributed by atoms with van der Waals surface area (Å²) in [5, 5.41) is 0. The first kappa shape index (κ1) is 12.2. The minimum absolute atomic E-state index is 0.350. The average molecular weight is 235 g/mol. The first-order valence-electron chi connectivity index (χ1n) is 6.37. The van der Waals surface area contributed by atoms with Crippen LogP contribution in [0.3, 0.4) is 0 Å². The molecule has 0 aliphatic carbocycles. The van der Waals surface area contributed by atoms with Crippen molar-refractivity contribution in [2.45, 2.75) is 32.3 Å². The summed E-state index contributed by atoms with van der Waals surface area (Å²) < 4.78 is 5.81. The van der Waals surface area contributed by atoms with E-state index in [0.717, 1.165) is 38.4 Å². The highest BCUT2D eigenvalue weighted by Crippen LogP contribution is 2.20. The molecule has 1 atom stereocenters. The number of nitrogens with zero attached hydrogens (tertiary/aromatic N) is 2. The predicted molar refractivity (Wildman–Crippen MR) is 70.1 cm³/mol. The summed E-state index contributed by atoms with van der Waals surface area (Å²) in [6, 6.07) is 3.89. The van der Waals surface area contributed by atoms with Gasteiger partial charge in [-0.25, -0.2) is 4.98 Å². The number of piperidine rings is 1. The minimum Gasteiger partial charge on any atom is -0.397 e. The molecule has 17 heavy (non-hydrogen) atoms. The van der Waals surface area contributed by atoms with Crippen LogP contribution in [0, 0.1) is 0 Å². The molecule has 1 saturated heterocycles. The van der Waals surface area contributed by atoms with E-state index >= 15 is 0 Å². The molecule has 2 heterocycles. The van der Waals surface area contributed by atoms with E-state index in [9.17, 15) is 0 Å². The molecule has 0 bridgehead atoms. The maximum absolute atomic E-state index is 5.81. The summed E-state index contributed by atoms with van der Waals surface area (Å²) in [7, 11) is 0. The molecular formula is C13H21N3O. The number of nitrogen functional groups attached to an aromatic ring is 1. The lowest BCUT2D eigenvalue weighted by Crippen LogP contribution is -2.40. The molecule has 0 saturated carbocycles. The highest BCUT2D eigenvalue weighted by Gasteiger charge is 2.20. The summed E-state index contributed by atoms with van der Waals surface area (Å²) >= 11 is 0. The molecule has 1 fully saturated rings. The van der Waals surface area contributed by atoms with Crippen LogP contribution in [-0.2, 0) is 4.74 Å². The van der Waals surface area contributed by atoms with Crippen LogP contribution in [0.15, 0.2) is 18.3 Å². The molecule has 1 aliphatic heterocycles. The van der Waals surface area contributed by atoms with Crippen molar-refractivity contribution in [3.8, 4) is 0 Å². The van der Waals surface area contributed by atoms with Gasteiger partial charge in [0.25, 0.3) is 0 Å². The Bertz CT molecular complexity index is 339. The largest absolute Gasteiger partial charge is 0.397 e. The zero-order valence-electron chi connectivity index (χ0n) is 10.4. The summed E-state index contributed by atoms with van der Waals surface area (Å²) in [5.41, 5.74) is 6.36. The van der Waals surface area contributed by atoms with Crippen molar-refractivity contribution < 1.29 is 4.74 Å². The Morgan fingerprint density at radius 2 is 2.41 bits per heavy atom. The smallest absolute Gasteiger partial charge is 0.128 e. The number of hydrogen-bond acceptors (Lipinski definition) is 4. The SMILES string of the molecule is CCCOC1CCCN(c2ccc(N)cn2)C1. The molecule has 0 spiro atoms. The van der Waals surface area contributed by atoms with E-state index < -0.39 is 0 Å². The van der Waals surface area contributed by atoms with Crippen molar-refractivity contribution in [3.63, 3.8) is 0 Å². The highest BCUT2D eigenvalue weighted by molar-refractivity contribution is 5.46. The van der Waals surface area contributed by atoms with Crippen molar-refractivity contribution >= 4 is 11.5 Å². The minimum atomic E-state index is 0.350. The fraction of sp³-hybridized carbons (Fsp3) is 0.615. The van der Waals surface area contributed by atoms with Crippen LogP contribution >= 0.6 is 0 Å². The third kappa shape index (κ3) is 3.33. The monoisotopic (exact) mass is 235 g/mol. The van der Waals surface area contributed by atoms with Gasteiger partial charge in [0.05, 0.1) is 18.0 Å². The third-order valence-electron chi connectivity index (χ3n) is 3.03. The molecule has 1 aromatic heterocycles. The molecule has 0 aromatic carbocycles. The van der Waals surface area contributed by atoms with Gasteiger partial charge in [0, 0.05) is 19.7 Å². The van der Waals surface area contributed by atoms with Crippen molar-refractivity contribution in [2.75, 3.05) is 30.3 Å². The average Bonchev–Trinajstić information content (AvgIpc) is 2.37. The van der Waals surface area contributed by atoms with Crippen LogP contribution in [0.4, 0.5) is 11.5 Å². The van der Waals surface area contributed by atoms with Crippen molar-refractivity contribution in [1.29, 1.82) is 0 Å². The molecule has 4 heteroatoms. The number of rotatable bonds is 4. The maximum Gasteiger partial charge on any atom is 0.128 e. The van der Waals surface area contributed by atoms with Gasteiger partial charge in [-0.1, -0.05) is 6.92 Å². The number of hydrogen-bond donors (Lipinski definition) is 1. The van der Waals surface area contributed by atoms with Gasteiger partial charge in [0.15, 0.2) is 0 Å². The van der Waals surface area contributed by atoms with Crippen molar-refractivity contribution in [1.82, 2.24) is 4.98 Å². The quantitative estimate of drug-likeness (QED) is 0.868. The number of ether oxygens (including phenoxy) is 1. The second-order valence-corrected chi connectivity index (χ2v) is 4.53. The van der Waals surface area contributed by atoms with E-state index in [0.29, 0.717) is 11.8 Å². The predicted octanol–water partition coefficient (Wildman–Crippen LogP) is 2.06. The van der Waals surface area contributed by atoms with Crippen LogP contribution in [0.1, 0.15) is 26.2 Å². The van der Waals surface area contributed by atoms with Crippen LogP contribution in [0.25, 0.3) is 0 Å². The van der Waals surface area contributed by atoms with E-state index in [1.165, 1.54) is 6.42 Å². The lowest BCUT2D eigenvalue weighted by atomic mass is 10.1. The topological polar surface area (TPSA) is 51.4 Å². The van der Waals surface area contributed by atoms with E-state index in [1.54, 1.807) is 6.20 Å². The Morgan fingerprint density at radius 3 is 3.12 bits per heavy atom. The summed E-state index contributed by atoms with van der Waals surface area (Å²) in [5.74, 6) is 1.00. The van der Waals surface area contributed by atoms with Gasteiger partial charge >= 0.3 is 0 Å². The lowest BCUT2D eigenvalue weighted by molar-refractivity contribution is 0.0439. The van der Waals surface area contributed by atoms with E-state index in [4.69, 9.17) is 10.5 Å². The third-order valence-corrected chi connectivity index (χ3v) is 3.03. The number of anilines is 2. The molecule has 2 rings (SSSR count). The molecular weight excluding hydrogens is 214 g/mol. The maximum atomic E-state index is 5.81. The molecule has 0 amide bonds. The number of nitrogens with two attached hydrogens (primary N) is 1.